The fourth-order valence-corrected chi connectivity index (χ4v) is 5.26. The molecule has 8 heteroatoms. The van der Waals surface area contributed by atoms with Gasteiger partial charge in [0.2, 0.25) is 5.91 Å². The van der Waals surface area contributed by atoms with Gasteiger partial charge in [0.15, 0.2) is 0 Å². The number of amides is 1. The van der Waals surface area contributed by atoms with Crippen LogP contribution >= 0.6 is 11.6 Å². The second kappa shape index (κ2) is 10.7. The van der Waals surface area contributed by atoms with Gasteiger partial charge >= 0.3 is 0 Å². The molecule has 1 aliphatic carbocycles. The highest BCUT2D eigenvalue weighted by Gasteiger charge is 2.33. The van der Waals surface area contributed by atoms with E-state index < -0.39 is 12.1 Å². The molecule has 2 aliphatic heterocycles. The van der Waals surface area contributed by atoms with E-state index >= 15 is 0 Å². The molecule has 6 nitrogen and oxygen atoms in total. The van der Waals surface area contributed by atoms with Crippen LogP contribution in [0.3, 0.4) is 0 Å². The third-order valence-corrected chi connectivity index (χ3v) is 7.52. The van der Waals surface area contributed by atoms with Gasteiger partial charge in [0.1, 0.15) is 17.7 Å². The number of hydrogen-bond acceptors (Lipinski definition) is 5. The van der Waals surface area contributed by atoms with Gasteiger partial charge in [0.05, 0.1) is 23.1 Å². The van der Waals surface area contributed by atoms with Crippen LogP contribution in [0.2, 0.25) is 5.02 Å². The fourth-order valence-electron chi connectivity index (χ4n) is 5.02. The van der Waals surface area contributed by atoms with Gasteiger partial charge in [-0.3, -0.25) is 4.79 Å². The monoisotopic (exact) mass is 501 g/mol. The van der Waals surface area contributed by atoms with E-state index in [1.807, 2.05) is 12.1 Å². The fraction of sp³-hybridized carbons (Fsp3) is 0.519. The number of aliphatic hydroxyl groups is 1. The smallest absolute Gasteiger partial charge is 0.225 e. The standard InChI is InChI=1S/C27H33ClFN3O3/c28-23-15-18(3-10-25(23)35-22-8-9-22)26(33)24(17-31-12-1-2-13-31)30-27(34)19-11-14-32(16-19)21-6-4-20(29)5-7-21/h3-7,10,15,19,22,24,26,33H,1-2,8-9,11-14,16-17H2,(H,30,34)/t19-,24-,26-/m1/s1. The molecule has 1 saturated carbocycles. The molecule has 0 unspecified atom stereocenters. The van der Waals surface area contributed by atoms with E-state index in [9.17, 15) is 14.3 Å². The minimum atomic E-state index is -0.887. The van der Waals surface area contributed by atoms with E-state index in [0.29, 0.717) is 29.4 Å². The zero-order valence-electron chi connectivity index (χ0n) is 19.8. The van der Waals surface area contributed by atoms with E-state index in [4.69, 9.17) is 16.3 Å². The van der Waals surface area contributed by atoms with Crippen molar-refractivity contribution in [2.45, 2.75) is 50.4 Å². The molecule has 2 heterocycles. The Bertz CT molecular complexity index is 1030. The van der Waals surface area contributed by atoms with Crippen molar-refractivity contribution in [2.24, 2.45) is 5.92 Å². The molecule has 5 rings (SSSR count). The van der Waals surface area contributed by atoms with Crippen molar-refractivity contribution in [1.82, 2.24) is 10.2 Å². The number of benzene rings is 2. The highest BCUT2D eigenvalue weighted by Crippen LogP contribution is 2.34. The summed E-state index contributed by atoms with van der Waals surface area (Å²) in [6.45, 7) is 3.83. The lowest BCUT2D eigenvalue weighted by Crippen LogP contribution is -2.48. The van der Waals surface area contributed by atoms with Gasteiger partial charge in [-0.25, -0.2) is 4.39 Å². The molecule has 35 heavy (non-hydrogen) atoms. The normalized spacial score (nSPS) is 22.3. The topological polar surface area (TPSA) is 65.0 Å². The predicted molar refractivity (Wildman–Crippen MR) is 134 cm³/mol. The lowest BCUT2D eigenvalue weighted by Gasteiger charge is -2.30. The van der Waals surface area contributed by atoms with E-state index in [1.165, 1.54) is 12.1 Å². The Morgan fingerprint density at radius 1 is 1.11 bits per heavy atom. The number of halogens is 2. The van der Waals surface area contributed by atoms with Crippen molar-refractivity contribution in [2.75, 3.05) is 37.6 Å². The van der Waals surface area contributed by atoms with Crippen molar-refractivity contribution in [3.8, 4) is 5.75 Å². The molecule has 0 bridgehead atoms. The SMILES string of the molecule is O=C(N[C@H](CN1CCCC1)[C@H](O)c1ccc(OC2CC2)c(Cl)c1)[C@@H]1CCN(c2ccc(F)cc2)C1. The van der Waals surface area contributed by atoms with Crippen LogP contribution < -0.4 is 15.0 Å². The van der Waals surface area contributed by atoms with Gasteiger partial charge in [0, 0.05) is 25.3 Å². The number of ether oxygens (including phenoxy) is 1. The molecule has 2 N–H and O–H groups in total. The number of nitrogens with one attached hydrogen (secondary N) is 1. The second-order valence-corrected chi connectivity index (χ2v) is 10.4. The van der Waals surface area contributed by atoms with Crippen molar-refractivity contribution in [1.29, 1.82) is 0 Å². The minimum Gasteiger partial charge on any atom is -0.489 e. The average Bonchev–Trinajstić information content (AvgIpc) is 3.30. The summed E-state index contributed by atoms with van der Waals surface area (Å²) in [6, 6.07) is 11.3. The number of likely N-dealkylation sites (tertiary alicyclic amines) is 1. The third kappa shape index (κ3) is 6.08. The van der Waals surface area contributed by atoms with Gasteiger partial charge in [-0.2, -0.15) is 0 Å². The van der Waals surface area contributed by atoms with Crippen LogP contribution in [-0.2, 0) is 4.79 Å². The van der Waals surface area contributed by atoms with Gasteiger partial charge in [-0.05, 0) is 87.2 Å². The average molecular weight is 502 g/mol. The third-order valence-electron chi connectivity index (χ3n) is 7.23. The summed E-state index contributed by atoms with van der Waals surface area (Å²) in [5, 5.41) is 14.9. The van der Waals surface area contributed by atoms with E-state index in [1.54, 1.807) is 18.2 Å². The first-order chi connectivity index (χ1) is 17.0. The summed E-state index contributed by atoms with van der Waals surface area (Å²) in [5.41, 5.74) is 1.58. The number of rotatable bonds is 9. The molecule has 1 amide bonds. The summed E-state index contributed by atoms with van der Waals surface area (Å²) in [7, 11) is 0. The Morgan fingerprint density at radius 3 is 2.54 bits per heavy atom. The maximum atomic E-state index is 13.3. The molecule has 0 aromatic heterocycles. The number of carbonyl (C=O) groups excluding carboxylic acids is 1. The van der Waals surface area contributed by atoms with Crippen LogP contribution in [0.25, 0.3) is 0 Å². The van der Waals surface area contributed by atoms with Crippen LogP contribution in [0.4, 0.5) is 10.1 Å². The second-order valence-electron chi connectivity index (χ2n) is 9.98. The molecule has 2 aromatic rings. The van der Waals surface area contributed by atoms with Crippen molar-refractivity contribution in [3.63, 3.8) is 0 Å². The number of hydrogen-bond donors (Lipinski definition) is 2. The predicted octanol–water partition coefficient (Wildman–Crippen LogP) is 4.16. The Kier molecular flexibility index (Phi) is 7.46. The molecule has 2 saturated heterocycles. The molecular weight excluding hydrogens is 469 g/mol. The lowest BCUT2D eigenvalue weighted by atomic mass is 10.00. The summed E-state index contributed by atoms with van der Waals surface area (Å²) in [4.78, 5) is 17.7. The van der Waals surface area contributed by atoms with E-state index in [0.717, 1.165) is 57.4 Å². The molecule has 3 aliphatic rings. The minimum absolute atomic E-state index is 0.0577. The highest BCUT2D eigenvalue weighted by atomic mass is 35.5. The zero-order valence-corrected chi connectivity index (χ0v) is 20.6. The summed E-state index contributed by atoms with van der Waals surface area (Å²) >= 11 is 6.45. The molecule has 3 fully saturated rings. The molecular formula is C27H33ClFN3O3. The van der Waals surface area contributed by atoms with Gasteiger partial charge in [0.25, 0.3) is 0 Å². The van der Waals surface area contributed by atoms with Crippen molar-refractivity contribution in [3.05, 3.63) is 58.9 Å². The van der Waals surface area contributed by atoms with Crippen LogP contribution in [-0.4, -0.2) is 60.8 Å². The molecule has 2 aromatic carbocycles. The molecule has 0 spiro atoms. The quantitative estimate of drug-likeness (QED) is 0.540. The number of aliphatic hydroxyl groups excluding tert-OH is 1. The Hall–Kier alpha value is -2.35. The van der Waals surface area contributed by atoms with Crippen LogP contribution in [0.15, 0.2) is 42.5 Å². The summed E-state index contributed by atoms with van der Waals surface area (Å²) < 4.78 is 19.1. The van der Waals surface area contributed by atoms with Crippen molar-refractivity contribution < 1.29 is 19.0 Å². The molecule has 3 atom stereocenters. The summed E-state index contributed by atoms with van der Waals surface area (Å²) in [6.07, 6.45) is 4.42. The first-order valence-electron chi connectivity index (χ1n) is 12.6. The van der Waals surface area contributed by atoms with Crippen molar-refractivity contribution >= 4 is 23.2 Å². The maximum absolute atomic E-state index is 13.3. The Balaban J connectivity index is 1.26. The summed E-state index contributed by atoms with van der Waals surface area (Å²) in [5.74, 6) is 0.120. The molecule has 188 valence electrons. The van der Waals surface area contributed by atoms with E-state index in [-0.39, 0.29) is 23.7 Å². The van der Waals surface area contributed by atoms with Gasteiger partial charge in [-0.15, -0.1) is 0 Å². The van der Waals surface area contributed by atoms with Gasteiger partial charge in [-0.1, -0.05) is 17.7 Å². The maximum Gasteiger partial charge on any atom is 0.225 e. The largest absolute Gasteiger partial charge is 0.489 e. The number of nitrogens with zero attached hydrogens (tertiary/aromatic N) is 2. The van der Waals surface area contributed by atoms with Crippen LogP contribution in [0, 0.1) is 11.7 Å². The highest BCUT2D eigenvalue weighted by molar-refractivity contribution is 6.32. The van der Waals surface area contributed by atoms with Crippen LogP contribution in [0.1, 0.15) is 43.8 Å². The van der Waals surface area contributed by atoms with Crippen LogP contribution in [0.5, 0.6) is 5.75 Å². The number of anilines is 1. The van der Waals surface area contributed by atoms with Gasteiger partial charge < -0.3 is 25.0 Å². The lowest BCUT2D eigenvalue weighted by molar-refractivity contribution is -0.126. The Morgan fingerprint density at radius 2 is 1.86 bits per heavy atom. The first-order valence-corrected chi connectivity index (χ1v) is 13.0. The Labute approximate surface area is 211 Å². The zero-order chi connectivity index (χ0) is 24.4. The first kappa shape index (κ1) is 24.3. The van der Waals surface area contributed by atoms with E-state index in [2.05, 4.69) is 15.1 Å². The molecule has 0 radical (unpaired) electrons. The number of carbonyl (C=O) groups is 1.